The predicted molar refractivity (Wildman–Crippen MR) is 32.7 cm³/mol. The Morgan fingerprint density at radius 2 is 1.31 bits per heavy atom. The van der Waals surface area contributed by atoms with Crippen LogP contribution in [0.1, 0.15) is 0 Å². The first kappa shape index (κ1) is 12.5. The van der Waals surface area contributed by atoms with E-state index >= 15 is 0 Å². The molecule has 0 aromatic rings. The molecule has 0 aliphatic carbocycles. The van der Waals surface area contributed by atoms with Crippen LogP contribution in [0.15, 0.2) is 0 Å². The summed E-state index contributed by atoms with van der Waals surface area (Å²) in [5, 5.41) is 7.83. The Labute approximate surface area is 70.4 Å². The van der Waals surface area contributed by atoms with Crippen molar-refractivity contribution >= 4 is 0 Å². The molecule has 0 spiro atoms. The Kier molecular flexibility index (Phi) is 5.12. The molecule has 1 nitrogen and oxygen atoms in total. The lowest BCUT2D eigenvalue weighted by molar-refractivity contribution is -0.0825. The monoisotopic (exact) mass is 210 g/mol. The van der Waals surface area contributed by atoms with Gasteiger partial charge in [0.2, 0.25) is 6.36 Å². The van der Waals surface area contributed by atoms with Crippen LogP contribution in [0.3, 0.4) is 0 Å². The lowest BCUT2D eigenvalue weighted by atomic mass is 10.1. The second-order valence-corrected chi connectivity index (χ2v) is 2.38. The third-order valence-electron chi connectivity index (χ3n) is 1.36. The van der Waals surface area contributed by atoms with E-state index in [0.29, 0.717) is 0 Å². The van der Waals surface area contributed by atoms with E-state index in [1.807, 2.05) is 0 Å². The summed E-state index contributed by atoms with van der Waals surface area (Å²) < 4.78 is 71.8. The van der Waals surface area contributed by atoms with Crippen LogP contribution in [0.5, 0.6) is 0 Å². The van der Waals surface area contributed by atoms with Gasteiger partial charge in [-0.1, -0.05) is 0 Å². The van der Waals surface area contributed by atoms with Crippen LogP contribution in [-0.2, 0) is 0 Å². The van der Waals surface area contributed by atoms with Crippen molar-refractivity contribution in [3.63, 3.8) is 0 Å². The normalized spacial score (nSPS) is 23.3. The third kappa shape index (κ3) is 3.41. The maximum Gasteiger partial charge on any atom is 0.231 e. The molecule has 5 unspecified atom stereocenters. The summed E-state index contributed by atoms with van der Waals surface area (Å²) in [7, 11) is 0. The summed E-state index contributed by atoms with van der Waals surface area (Å²) in [6.07, 6.45) is -15.6. The number of aliphatic hydroxyl groups excluding tert-OH is 1. The van der Waals surface area contributed by atoms with E-state index in [9.17, 15) is 26.3 Å². The predicted octanol–water partition coefficient (Wildman–Crippen LogP) is 1.60. The maximum atomic E-state index is 12.3. The molecule has 0 amide bonds. The van der Waals surface area contributed by atoms with Crippen LogP contribution >= 0.6 is 0 Å². The standard InChI is InChI=1S/C6H8F6O/c7-1-2(8)3(9)4(10)5(11)6(12)13/h2-6,13H,1H2. The van der Waals surface area contributed by atoms with Gasteiger partial charge in [-0.05, 0) is 0 Å². The smallest absolute Gasteiger partial charge is 0.231 e. The molecular formula is C6H8F6O. The largest absolute Gasteiger partial charge is 0.362 e. The van der Waals surface area contributed by atoms with Crippen LogP contribution in [0.2, 0.25) is 0 Å². The van der Waals surface area contributed by atoms with Crippen LogP contribution in [-0.4, -0.2) is 42.8 Å². The van der Waals surface area contributed by atoms with Crippen molar-refractivity contribution in [3.8, 4) is 0 Å². The Hall–Kier alpha value is -0.460. The molecule has 0 aliphatic rings. The van der Waals surface area contributed by atoms with Gasteiger partial charge in [0.25, 0.3) is 0 Å². The lowest BCUT2D eigenvalue weighted by Gasteiger charge is -2.18. The van der Waals surface area contributed by atoms with Gasteiger partial charge in [-0.3, -0.25) is 0 Å². The summed E-state index contributed by atoms with van der Waals surface area (Å²) >= 11 is 0. The van der Waals surface area contributed by atoms with Crippen molar-refractivity contribution in [3.05, 3.63) is 0 Å². The van der Waals surface area contributed by atoms with Gasteiger partial charge in [0.1, 0.15) is 6.67 Å². The fourth-order valence-corrected chi connectivity index (χ4v) is 0.612. The number of hydrogen-bond acceptors (Lipinski definition) is 1. The van der Waals surface area contributed by atoms with Crippen LogP contribution in [0.25, 0.3) is 0 Å². The highest BCUT2D eigenvalue weighted by Crippen LogP contribution is 2.20. The van der Waals surface area contributed by atoms with E-state index in [-0.39, 0.29) is 0 Å². The Balaban J connectivity index is 4.15. The van der Waals surface area contributed by atoms with Gasteiger partial charge in [0, 0.05) is 0 Å². The zero-order chi connectivity index (χ0) is 10.6. The number of hydrogen-bond donors (Lipinski definition) is 1. The lowest BCUT2D eigenvalue weighted by Crippen LogP contribution is -2.40. The average Bonchev–Trinajstić information content (AvgIpc) is 2.12. The highest BCUT2D eigenvalue weighted by Gasteiger charge is 2.39. The van der Waals surface area contributed by atoms with Crippen molar-refractivity contribution in [2.24, 2.45) is 0 Å². The quantitative estimate of drug-likeness (QED) is 0.683. The summed E-state index contributed by atoms with van der Waals surface area (Å²) in [4.78, 5) is 0. The highest BCUT2D eigenvalue weighted by molar-refractivity contribution is 4.83. The topological polar surface area (TPSA) is 20.2 Å². The molecule has 0 saturated heterocycles. The zero-order valence-electron chi connectivity index (χ0n) is 6.31. The van der Waals surface area contributed by atoms with Crippen molar-refractivity contribution in [1.29, 1.82) is 0 Å². The molecule has 5 atom stereocenters. The summed E-state index contributed by atoms with van der Waals surface area (Å²) in [5.74, 6) is 0. The second kappa shape index (κ2) is 5.31. The van der Waals surface area contributed by atoms with Gasteiger partial charge >= 0.3 is 0 Å². The Morgan fingerprint density at radius 3 is 1.62 bits per heavy atom. The first-order valence-electron chi connectivity index (χ1n) is 3.36. The third-order valence-corrected chi connectivity index (χ3v) is 1.36. The molecule has 80 valence electrons. The van der Waals surface area contributed by atoms with Crippen molar-refractivity contribution in [2.45, 2.75) is 31.0 Å². The molecule has 0 aromatic carbocycles. The van der Waals surface area contributed by atoms with E-state index in [2.05, 4.69) is 0 Å². The van der Waals surface area contributed by atoms with Gasteiger partial charge in [0.15, 0.2) is 24.7 Å². The van der Waals surface area contributed by atoms with Crippen molar-refractivity contribution in [1.82, 2.24) is 0 Å². The van der Waals surface area contributed by atoms with Gasteiger partial charge in [0.05, 0.1) is 0 Å². The summed E-state index contributed by atoms with van der Waals surface area (Å²) in [5.41, 5.74) is 0. The second-order valence-electron chi connectivity index (χ2n) is 2.38. The highest BCUT2D eigenvalue weighted by atomic mass is 19.2. The molecular weight excluding hydrogens is 202 g/mol. The molecule has 0 saturated carbocycles. The Bertz CT molecular complexity index is 143. The SMILES string of the molecule is OC(F)C(F)C(F)C(F)C(F)CF. The number of aliphatic hydroxyl groups is 1. The molecule has 0 aliphatic heterocycles. The fraction of sp³-hybridized carbons (Fsp3) is 1.00. The van der Waals surface area contributed by atoms with E-state index in [4.69, 9.17) is 5.11 Å². The van der Waals surface area contributed by atoms with E-state index < -0.39 is 37.7 Å². The summed E-state index contributed by atoms with van der Waals surface area (Å²) in [6, 6.07) is 0. The number of rotatable bonds is 5. The van der Waals surface area contributed by atoms with Crippen molar-refractivity contribution in [2.75, 3.05) is 6.67 Å². The Morgan fingerprint density at radius 1 is 0.846 bits per heavy atom. The average molecular weight is 210 g/mol. The summed E-state index contributed by atoms with van der Waals surface area (Å²) in [6.45, 7) is -1.84. The minimum absolute atomic E-state index is 1.84. The minimum atomic E-state index is -3.25. The molecule has 0 heterocycles. The fourth-order valence-electron chi connectivity index (χ4n) is 0.612. The molecule has 13 heavy (non-hydrogen) atoms. The van der Waals surface area contributed by atoms with Crippen molar-refractivity contribution < 1.29 is 31.4 Å². The molecule has 0 rings (SSSR count). The first-order chi connectivity index (χ1) is 5.91. The molecule has 0 aromatic heterocycles. The molecule has 0 fully saturated rings. The maximum absolute atomic E-state index is 12.3. The molecule has 7 heteroatoms. The minimum Gasteiger partial charge on any atom is -0.362 e. The molecule has 0 radical (unpaired) electrons. The first-order valence-corrected chi connectivity index (χ1v) is 3.36. The van der Waals surface area contributed by atoms with Crippen LogP contribution in [0.4, 0.5) is 26.3 Å². The van der Waals surface area contributed by atoms with E-state index in [0.717, 1.165) is 0 Å². The van der Waals surface area contributed by atoms with Gasteiger partial charge in [-0.2, -0.15) is 0 Å². The van der Waals surface area contributed by atoms with Crippen LogP contribution in [0, 0.1) is 0 Å². The molecule has 0 bridgehead atoms. The van der Waals surface area contributed by atoms with E-state index in [1.165, 1.54) is 0 Å². The zero-order valence-corrected chi connectivity index (χ0v) is 6.31. The van der Waals surface area contributed by atoms with Crippen LogP contribution < -0.4 is 0 Å². The van der Waals surface area contributed by atoms with Gasteiger partial charge in [-0.25, -0.2) is 26.3 Å². The van der Waals surface area contributed by atoms with E-state index in [1.54, 1.807) is 0 Å². The molecule has 1 N–H and O–H groups in total. The number of alkyl halides is 6. The van der Waals surface area contributed by atoms with Gasteiger partial charge in [-0.15, -0.1) is 0 Å². The number of halogens is 6. The van der Waals surface area contributed by atoms with Gasteiger partial charge < -0.3 is 5.11 Å².